The Kier molecular flexibility index (Phi) is 5.58. The molecule has 1 aromatic heterocycles. The van der Waals surface area contributed by atoms with Crippen molar-refractivity contribution in [3.8, 4) is 0 Å². The number of nitrogens with zero attached hydrogens (tertiary/aromatic N) is 4. The number of halogens is 2. The van der Waals surface area contributed by atoms with Gasteiger partial charge in [0, 0.05) is 49.6 Å². The van der Waals surface area contributed by atoms with E-state index in [9.17, 15) is 4.39 Å². The number of hydrogen-bond acceptors (Lipinski definition) is 5. The van der Waals surface area contributed by atoms with Gasteiger partial charge in [0.05, 0.1) is 0 Å². The van der Waals surface area contributed by atoms with Crippen molar-refractivity contribution in [2.24, 2.45) is 0 Å². The van der Waals surface area contributed by atoms with Crippen LogP contribution in [0, 0.1) is 5.82 Å². The molecule has 1 saturated heterocycles. The van der Waals surface area contributed by atoms with Gasteiger partial charge in [-0.1, -0.05) is 29.8 Å². The Balaban J connectivity index is 1.36. The molecule has 144 valence electrons. The number of piperazine rings is 1. The molecule has 0 unspecified atom stereocenters. The van der Waals surface area contributed by atoms with Crippen molar-refractivity contribution >= 4 is 29.1 Å². The highest BCUT2D eigenvalue weighted by atomic mass is 35.5. The van der Waals surface area contributed by atoms with Gasteiger partial charge in [-0.25, -0.2) is 9.37 Å². The summed E-state index contributed by atoms with van der Waals surface area (Å²) in [5.41, 5.74) is 2.14. The van der Waals surface area contributed by atoms with Gasteiger partial charge in [0.15, 0.2) is 0 Å². The second-order valence-corrected chi connectivity index (χ2v) is 7.11. The average Bonchev–Trinajstić information content (AvgIpc) is 2.74. The van der Waals surface area contributed by atoms with Crippen LogP contribution in [0.1, 0.15) is 5.56 Å². The third-order valence-electron chi connectivity index (χ3n) is 4.77. The number of hydrogen-bond donors (Lipinski definition) is 1. The van der Waals surface area contributed by atoms with Gasteiger partial charge in [0.2, 0.25) is 5.95 Å². The fourth-order valence-electron chi connectivity index (χ4n) is 3.23. The van der Waals surface area contributed by atoms with Crippen LogP contribution in [-0.2, 0) is 6.54 Å². The summed E-state index contributed by atoms with van der Waals surface area (Å²) >= 11 is 6.11. The van der Waals surface area contributed by atoms with Gasteiger partial charge in [-0.3, -0.25) is 0 Å². The minimum absolute atomic E-state index is 0.231. The predicted octanol–water partition coefficient (Wildman–Crippen LogP) is 4.21. The molecule has 3 aromatic rings. The highest BCUT2D eigenvalue weighted by molar-refractivity contribution is 6.30. The average molecular weight is 398 g/mol. The van der Waals surface area contributed by atoms with Crippen LogP contribution in [0.5, 0.6) is 0 Å². The molecule has 0 spiro atoms. The number of anilines is 3. The summed E-state index contributed by atoms with van der Waals surface area (Å²) in [6, 6.07) is 16.2. The number of aromatic nitrogens is 2. The van der Waals surface area contributed by atoms with E-state index in [1.165, 1.54) is 12.1 Å². The Morgan fingerprint density at radius 3 is 2.46 bits per heavy atom. The number of nitrogens with one attached hydrogen (secondary N) is 1. The summed E-state index contributed by atoms with van der Waals surface area (Å²) in [7, 11) is 0. The van der Waals surface area contributed by atoms with Crippen molar-refractivity contribution in [2.45, 2.75) is 6.54 Å². The zero-order chi connectivity index (χ0) is 19.3. The van der Waals surface area contributed by atoms with Crippen LogP contribution in [0.15, 0.2) is 60.8 Å². The van der Waals surface area contributed by atoms with E-state index in [1.807, 2.05) is 24.3 Å². The SMILES string of the molecule is Fc1ccc(CNc2ccnc(N3CCN(c4cccc(Cl)c4)CC3)n2)cc1. The molecular formula is C21H21ClFN5. The van der Waals surface area contributed by atoms with E-state index in [1.54, 1.807) is 18.3 Å². The van der Waals surface area contributed by atoms with E-state index in [2.05, 4.69) is 31.2 Å². The molecule has 7 heteroatoms. The maximum atomic E-state index is 13.0. The zero-order valence-electron chi connectivity index (χ0n) is 15.4. The summed E-state index contributed by atoms with van der Waals surface area (Å²) in [4.78, 5) is 13.6. The van der Waals surface area contributed by atoms with Crippen molar-refractivity contribution < 1.29 is 4.39 Å². The van der Waals surface area contributed by atoms with Gasteiger partial charge in [0.25, 0.3) is 0 Å². The summed E-state index contributed by atoms with van der Waals surface area (Å²) < 4.78 is 13.0. The van der Waals surface area contributed by atoms with Crippen LogP contribution >= 0.6 is 11.6 Å². The Hall–Kier alpha value is -2.86. The molecule has 0 saturated carbocycles. The molecule has 1 aliphatic rings. The molecule has 1 aliphatic heterocycles. The normalized spacial score (nSPS) is 14.2. The smallest absolute Gasteiger partial charge is 0.227 e. The van der Waals surface area contributed by atoms with E-state index in [0.29, 0.717) is 6.54 Å². The van der Waals surface area contributed by atoms with Gasteiger partial charge in [-0.2, -0.15) is 4.98 Å². The van der Waals surface area contributed by atoms with Gasteiger partial charge in [0.1, 0.15) is 11.6 Å². The van der Waals surface area contributed by atoms with Crippen LogP contribution < -0.4 is 15.1 Å². The van der Waals surface area contributed by atoms with Crippen LogP contribution in [0.4, 0.5) is 21.8 Å². The Bertz CT molecular complexity index is 926. The van der Waals surface area contributed by atoms with Crippen LogP contribution in [0.2, 0.25) is 5.02 Å². The highest BCUT2D eigenvalue weighted by Crippen LogP contribution is 2.22. The molecule has 2 heterocycles. The van der Waals surface area contributed by atoms with E-state index < -0.39 is 0 Å². The summed E-state index contributed by atoms with van der Waals surface area (Å²) in [5.74, 6) is 1.24. The fraction of sp³-hybridized carbons (Fsp3) is 0.238. The lowest BCUT2D eigenvalue weighted by molar-refractivity contribution is 0.627. The highest BCUT2D eigenvalue weighted by Gasteiger charge is 2.19. The molecule has 1 fully saturated rings. The van der Waals surface area contributed by atoms with Crippen molar-refractivity contribution in [1.82, 2.24) is 9.97 Å². The third-order valence-corrected chi connectivity index (χ3v) is 5.00. The molecule has 0 atom stereocenters. The predicted molar refractivity (Wildman–Crippen MR) is 112 cm³/mol. The van der Waals surface area contributed by atoms with Crippen molar-refractivity contribution in [2.75, 3.05) is 41.3 Å². The largest absolute Gasteiger partial charge is 0.368 e. The van der Waals surface area contributed by atoms with E-state index in [4.69, 9.17) is 11.6 Å². The lowest BCUT2D eigenvalue weighted by atomic mass is 10.2. The van der Waals surface area contributed by atoms with Crippen molar-refractivity contribution in [3.63, 3.8) is 0 Å². The van der Waals surface area contributed by atoms with Crippen molar-refractivity contribution in [1.29, 1.82) is 0 Å². The lowest BCUT2D eigenvalue weighted by Gasteiger charge is -2.36. The number of rotatable bonds is 5. The minimum atomic E-state index is -0.231. The molecule has 0 bridgehead atoms. The first-order chi connectivity index (χ1) is 13.7. The van der Waals surface area contributed by atoms with E-state index in [0.717, 1.165) is 54.2 Å². The molecule has 0 aliphatic carbocycles. The van der Waals surface area contributed by atoms with Gasteiger partial charge >= 0.3 is 0 Å². The molecule has 28 heavy (non-hydrogen) atoms. The Morgan fingerprint density at radius 2 is 1.71 bits per heavy atom. The fourth-order valence-corrected chi connectivity index (χ4v) is 3.42. The zero-order valence-corrected chi connectivity index (χ0v) is 16.1. The maximum absolute atomic E-state index is 13.0. The first kappa shape index (κ1) is 18.5. The first-order valence-electron chi connectivity index (χ1n) is 9.24. The molecule has 2 aromatic carbocycles. The van der Waals surface area contributed by atoms with Gasteiger partial charge in [-0.15, -0.1) is 0 Å². The maximum Gasteiger partial charge on any atom is 0.227 e. The third kappa shape index (κ3) is 4.51. The van der Waals surface area contributed by atoms with Gasteiger partial charge in [-0.05, 0) is 42.0 Å². The number of benzene rings is 2. The van der Waals surface area contributed by atoms with E-state index >= 15 is 0 Å². The Labute approximate surface area is 168 Å². The van der Waals surface area contributed by atoms with E-state index in [-0.39, 0.29) is 5.82 Å². The molecule has 5 nitrogen and oxygen atoms in total. The molecule has 4 rings (SSSR count). The second kappa shape index (κ2) is 8.44. The molecule has 0 amide bonds. The van der Waals surface area contributed by atoms with Crippen LogP contribution in [-0.4, -0.2) is 36.1 Å². The topological polar surface area (TPSA) is 44.3 Å². The minimum Gasteiger partial charge on any atom is -0.368 e. The lowest BCUT2D eigenvalue weighted by Crippen LogP contribution is -2.47. The summed E-state index contributed by atoms with van der Waals surface area (Å²) in [5, 5.41) is 4.03. The van der Waals surface area contributed by atoms with Crippen LogP contribution in [0.25, 0.3) is 0 Å². The first-order valence-corrected chi connectivity index (χ1v) is 9.62. The van der Waals surface area contributed by atoms with Crippen LogP contribution in [0.3, 0.4) is 0 Å². The molecule has 0 radical (unpaired) electrons. The molecular weight excluding hydrogens is 377 g/mol. The molecule has 1 N–H and O–H groups in total. The standard InChI is InChI=1S/C21H21ClFN5/c22-17-2-1-3-19(14-17)27-10-12-28(13-11-27)21-24-9-8-20(26-21)25-15-16-4-6-18(23)7-5-16/h1-9,14H,10-13,15H2,(H,24,25,26). The second-order valence-electron chi connectivity index (χ2n) is 6.68. The Morgan fingerprint density at radius 1 is 0.964 bits per heavy atom. The summed E-state index contributed by atoms with van der Waals surface area (Å²) in [6.45, 7) is 4.04. The quantitative estimate of drug-likeness (QED) is 0.698. The van der Waals surface area contributed by atoms with Gasteiger partial charge < -0.3 is 15.1 Å². The monoisotopic (exact) mass is 397 g/mol. The van der Waals surface area contributed by atoms with Crippen molar-refractivity contribution in [3.05, 3.63) is 77.2 Å². The summed E-state index contributed by atoms with van der Waals surface area (Å²) in [6.07, 6.45) is 1.76.